The van der Waals surface area contributed by atoms with E-state index in [9.17, 15) is 34.8 Å². The van der Waals surface area contributed by atoms with Gasteiger partial charge in [0.15, 0.2) is 5.82 Å². The second kappa shape index (κ2) is 7.35. The van der Waals surface area contributed by atoms with Crippen molar-refractivity contribution in [3.05, 3.63) is 24.8 Å². The van der Waals surface area contributed by atoms with Gasteiger partial charge in [-0.25, -0.2) is 19.6 Å². The SMILES string of the molecule is O=S(=O)(Oc1cc2c(cn1)-c1nc(-c3ncnn3CC(F)(F)F)cn1CCO2)C(F)(F)F. The predicted molar refractivity (Wildman–Crippen MR) is 91.6 cm³/mol. The Morgan fingerprint density at radius 1 is 1.12 bits per heavy atom. The lowest BCUT2D eigenvalue weighted by Gasteiger charge is -2.11. The van der Waals surface area contributed by atoms with Gasteiger partial charge in [0, 0.05) is 18.5 Å². The van der Waals surface area contributed by atoms with Gasteiger partial charge in [-0.1, -0.05) is 0 Å². The van der Waals surface area contributed by atoms with Crippen LogP contribution in [0.1, 0.15) is 0 Å². The highest BCUT2D eigenvalue weighted by atomic mass is 32.2. The van der Waals surface area contributed by atoms with E-state index in [1.807, 2.05) is 0 Å². The molecule has 0 atom stereocenters. The van der Waals surface area contributed by atoms with Crippen LogP contribution in [0.3, 0.4) is 0 Å². The molecular weight excluding hydrogens is 474 g/mol. The molecule has 1 aliphatic heterocycles. The number of fused-ring (bicyclic) bond motifs is 3. The van der Waals surface area contributed by atoms with E-state index in [-0.39, 0.29) is 41.8 Å². The third kappa shape index (κ3) is 4.19. The van der Waals surface area contributed by atoms with Gasteiger partial charge in [-0.15, -0.1) is 0 Å². The molecule has 0 bridgehead atoms. The van der Waals surface area contributed by atoms with Crippen molar-refractivity contribution in [2.24, 2.45) is 0 Å². The summed E-state index contributed by atoms with van der Waals surface area (Å²) in [7, 11) is -5.94. The number of ether oxygens (including phenoxy) is 1. The van der Waals surface area contributed by atoms with Crippen molar-refractivity contribution in [3.63, 3.8) is 0 Å². The zero-order valence-electron chi connectivity index (χ0n) is 15.4. The number of pyridine rings is 1. The Morgan fingerprint density at radius 2 is 1.88 bits per heavy atom. The Hall–Kier alpha value is -3.37. The van der Waals surface area contributed by atoms with E-state index in [0.29, 0.717) is 4.68 Å². The first-order valence-corrected chi connectivity index (χ1v) is 9.91. The minimum absolute atomic E-state index is 0.0134. The van der Waals surface area contributed by atoms with E-state index in [1.165, 1.54) is 10.8 Å². The van der Waals surface area contributed by atoms with Gasteiger partial charge in [0.25, 0.3) is 0 Å². The summed E-state index contributed by atoms with van der Waals surface area (Å²) in [5.41, 5.74) is -5.46. The second-order valence-electron chi connectivity index (χ2n) is 6.35. The van der Waals surface area contributed by atoms with E-state index in [0.717, 1.165) is 18.6 Å². The Kier molecular flexibility index (Phi) is 5.02. The summed E-state index contributed by atoms with van der Waals surface area (Å²) in [4.78, 5) is 11.6. The first-order chi connectivity index (χ1) is 14.8. The summed E-state index contributed by atoms with van der Waals surface area (Å²) in [6, 6.07) is 0.842. The molecule has 0 saturated carbocycles. The highest BCUT2D eigenvalue weighted by Gasteiger charge is 2.49. The molecule has 0 N–H and O–H groups in total. The molecule has 0 amide bonds. The number of hydrogen-bond donors (Lipinski definition) is 0. The molecule has 0 fully saturated rings. The van der Waals surface area contributed by atoms with Crippen molar-refractivity contribution < 1.29 is 43.7 Å². The number of aromatic nitrogens is 6. The van der Waals surface area contributed by atoms with Gasteiger partial charge in [-0.3, -0.25) is 0 Å². The molecule has 0 saturated heterocycles. The van der Waals surface area contributed by atoms with Crippen LogP contribution in [0.5, 0.6) is 11.6 Å². The Labute approximate surface area is 174 Å². The molecule has 172 valence electrons. The lowest BCUT2D eigenvalue weighted by Crippen LogP contribution is -2.28. The zero-order chi connectivity index (χ0) is 23.3. The Balaban J connectivity index is 1.70. The maximum atomic E-state index is 12.8. The van der Waals surface area contributed by atoms with Crippen LogP contribution < -0.4 is 8.92 Å². The zero-order valence-corrected chi connectivity index (χ0v) is 16.2. The number of halogens is 6. The lowest BCUT2D eigenvalue weighted by molar-refractivity contribution is -0.142. The summed E-state index contributed by atoms with van der Waals surface area (Å²) in [5.74, 6) is -0.965. The van der Waals surface area contributed by atoms with Gasteiger partial charge in [0.1, 0.15) is 36.7 Å². The number of hydrogen-bond acceptors (Lipinski definition) is 8. The van der Waals surface area contributed by atoms with Gasteiger partial charge in [0.05, 0.1) is 12.1 Å². The van der Waals surface area contributed by atoms with E-state index >= 15 is 0 Å². The normalized spacial score (nSPS) is 14.3. The van der Waals surface area contributed by atoms with E-state index in [1.54, 1.807) is 0 Å². The third-order valence-corrected chi connectivity index (χ3v) is 5.06. The van der Waals surface area contributed by atoms with Crippen LogP contribution in [0.25, 0.3) is 22.9 Å². The fraction of sp³-hybridized carbons (Fsp3) is 0.333. The van der Waals surface area contributed by atoms with Crippen LogP contribution in [0, 0.1) is 0 Å². The molecule has 0 spiro atoms. The highest BCUT2D eigenvalue weighted by Crippen LogP contribution is 2.36. The maximum Gasteiger partial charge on any atom is 0.534 e. The monoisotopic (exact) mass is 484 g/mol. The predicted octanol–water partition coefficient (Wildman–Crippen LogP) is 2.39. The topological polar surface area (TPSA) is 114 Å². The van der Waals surface area contributed by atoms with Crippen LogP contribution >= 0.6 is 0 Å². The molecule has 4 rings (SSSR count). The first kappa shape index (κ1) is 21.8. The van der Waals surface area contributed by atoms with Gasteiger partial charge in [-0.05, 0) is 0 Å². The first-order valence-electron chi connectivity index (χ1n) is 8.50. The second-order valence-corrected chi connectivity index (χ2v) is 7.89. The molecule has 10 nitrogen and oxygen atoms in total. The van der Waals surface area contributed by atoms with E-state index in [2.05, 4.69) is 24.2 Å². The maximum absolute atomic E-state index is 12.8. The van der Waals surface area contributed by atoms with Crippen molar-refractivity contribution in [1.82, 2.24) is 29.3 Å². The summed E-state index contributed by atoms with van der Waals surface area (Å²) < 4.78 is 110. The molecule has 0 aromatic carbocycles. The minimum atomic E-state index is -5.94. The quantitative estimate of drug-likeness (QED) is 0.315. The molecule has 32 heavy (non-hydrogen) atoms. The molecule has 3 aromatic heterocycles. The molecule has 4 heterocycles. The molecule has 0 unspecified atom stereocenters. The number of imidazole rings is 1. The fourth-order valence-corrected chi connectivity index (χ4v) is 3.23. The van der Waals surface area contributed by atoms with Crippen LogP contribution in [-0.2, 0) is 23.2 Å². The van der Waals surface area contributed by atoms with Crippen molar-refractivity contribution in [2.45, 2.75) is 24.8 Å². The van der Waals surface area contributed by atoms with Crippen LogP contribution in [0.4, 0.5) is 26.3 Å². The average molecular weight is 484 g/mol. The smallest absolute Gasteiger partial charge is 0.491 e. The number of alkyl halides is 6. The third-order valence-electron chi connectivity index (χ3n) is 4.10. The summed E-state index contributed by atoms with van der Waals surface area (Å²) in [6.45, 7) is -1.23. The van der Waals surface area contributed by atoms with Crippen molar-refractivity contribution in [1.29, 1.82) is 0 Å². The minimum Gasteiger partial charge on any atom is -0.491 e. The number of rotatable bonds is 4. The highest BCUT2D eigenvalue weighted by molar-refractivity contribution is 7.87. The molecule has 3 aromatic rings. The summed E-state index contributed by atoms with van der Waals surface area (Å²) in [5, 5.41) is 3.55. The van der Waals surface area contributed by atoms with Gasteiger partial charge in [-0.2, -0.15) is 39.9 Å². The van der Waals surface area contributed by atoms with Crippen LogP contribution in [0.2, 0.25) is 0 Å². The molecule has 1 aliphatic rings. The van der Waals surface area contributed by atoms with Crippen molar-refractivity contribution >= 4 is 10.1 Å². The van der Waals surface area contributed by atoms with Crippen LogP contribution in [-0.4, -0.2) is 56.0 Å². The number of nitrogens with zero attached hydrogens (tertiary/aromatic N) is 6. The van der Waals surface area contributed by atoms with Gasteiger partial charge < -0.3 is 13.5 Å². The Morgan fingerprint density at radius 3 is 2.56 bits per heavy atom. The molecular formula is C15H10F6N6O4S. The van der Waals surface area contributed by atoms with E-state index in [4.69, 9.17) is 4.74 Å². The van der Waals surface area contributed by atoms with Gasteiger partial charge in [0.2, 0.25) is 5.88 Å². The van der Waals surface area contributed by atoms with E-state index < -0.39 is 34.2 Å². The van der Waals surface area contributed by atoms with Crippen molar-refractivity contribution in [2.75, 3.05) is 6.61 Å². The summed E-state index contributed by atoms with van der Waals surface area (Å²) in [6.07, 6.45) is -1.22. The van der Waals surface area contributed by atoms with Crippen LogP contribution in [0.15, 0.2) is 24.8 Å². The molecule has 0 aliphatic carbocycles. The van der Waals surface area contributed by atoms with Crippen molar-refractivity contribution in [3.8, 4) is 34.5 Å². The average Bonchev–Trinajstić information content (AvgIpc) is 3.22. The standard InChI is InChI=1S/C15H10F6N6O4S/c16-14(17,18)6-27-13(23-7-24-27)9-5-26-1-2-30-10-3-11(22-4-8(10)12(26)25-9)31-32(28,29)15(19,20)21/h3-5,7H,1-2,6H2. The fourth-order valence-electron chi connectivity index (χ4n) is 2.82. The molecule has 0 radical (unpaired) electrons. The van der Waals surface area contributed by atoms with Gasteiger partial charge >= 0.3 is 21.8 Å². The Bertz CT molecular complexity index is 1270. The lowest BCUT2D eigenvalue weighted by atomic mass is 10.2. The largest absolute Gasteiger partial charge is 0.534 e. The molecule has 17 heteroatoms. The summed E-state index contributed by atoms with van der Waals surface area (Å²) >= 11 is 0.